The summed E-state index contributed by atoms with van der Waals surface area (Å²) in [6.07, 6.45) is 4.81. The molecule has 0 radical (unpaired) electrons. The Bertz CT molecular complexity index is 1060. The number of carbonyl (C=O) groups excluding carboxylic acids is 1. The molecule has 0 atom stereocenters. The molecule has 1 amide bonds. The molecule has 2 aromatic heterocycles. The first-order valence-corrected chi connectivity index (χ1v) is 9.73. The molecule has 1 aromatic carbocycles. The topological polar surface area (TPSA) is 124 Å². The average Bonchev–Trinajstić information content (AvgIpc) is 3.17. The van der Waals surface area contributed by atoms with Crippen molar-refractivity contribution in [1.82, 2.24) is 20.8 Å². The van der Waals surface area contributed by atoms with Crippen LogP contribution in [0.2, 0.25) is 5.02 Å². The number of benzene rings is 1. The first-order valence-electron chi connectivity index (χ1n) is 9.35. The second-order valence-electron chi connectivity index (χ2n) is 7.10. The predicted octanol–water partition coefficient (Wildman–Crippen LogP) is 3.64. The lowest BCUT2D eigenvalue weighted by molar-refractivity contribution is 0.0924. The molecule has 1 fully saturated rings. The number of amides is 1. The number of halogens is 1. The fourth-order valence-electron chi connectivity index (χ4n) is 3.61. The molecule has 29 heavy (non-hydrogen) atoms. The van der Waals surface area contributed by atoms with Gasteiger partial charge in [-0.2, -0.15) is 0 Å². The molecular weight excluding hydrogens is 394 g/mol. The van der Waals surface area contributed by atoms with Gasteiger partial charge in [0.1, 0.15) is 11.2 Å². The Morgan fingerprint density at radius 2 is 2.00 bits per heavy atom. The predicted molar refractivity (Wildman–Crippen MR) is 107 cm³/mol. The summed E-state index contributed by atoms with van der Waals surface area (Å²) in [5.74, 6) is 0.456. The van der Waals surface area contributed by atoms with Gasteiger partial charge in [0.25, 0.3) is 5.91 Å². The third kappa shape index (κ3) is 4.23. The van der Waals surface area contributed by atoms with Gasteiger partial charge in [-0.3, -0.25) is 25.9 Å². The molecule has 0 spiro atoms. The highest BCUT2D eigenvalue weighted by molar-refractivity contribution is 6.31. The molecular formula is C20H20ClN5O3. The normalized spacial score (nSPS) is 19.1. The van der Waals surface area contributed by atoms with Crippen LogP contribution in [0.1, 0.15) is 53.5 Å². The van der Waals surface area contributed by atoms with Crippen LogP contribution in [-0.2, 0) is 0 Å². The molecule has 1 aliphatic rings. The summed E-state index contributed by atoms with van der Waals surface area (Å²) in [7, 11) is 0. The van der Waals surface area contributed by atoms with Crippen LogP contribution in [0.4, 0.5) is 0 Å². The number of fused-ring (bicyclic) bond motifs is 1. The Kier molecular flexibility index (Phi) is 5.46. The number of rotatable bonds is 4. The van der Waals surface area contributed by atoms with E-state index in [0.717, 1.165) is 42.7 Å². The smallest absolute Gasteiger partial charge is 0.251 e. The van der Waals surface area contributed by atoms with E-state index in [1.165, 1.54) is 12.3 Å². The van der Waals surface area contributed by atoms with Crippen molar-refractivity contribution in [3.05, 3.63) is 58.7 Å². The van der Waals surface area contributed by atoms with E-state index < -0.39 is 0 Å². The van der Waals surface area contributed by atoms with Crippen molar-refractivity contribution in [3.63, 3.8) is 0 Å². The van der Waals surface area contributed by atoms with Gasteiger partial charge < -0.3 is 9.73 Å². The monoisotopic (exact) mass is 413 g/mol. The summed E-state index contributed by atoms with van der Waals surface area (Å²) in [6, 6.07) is 8.52. The molecule has 4 N–H and O–H groups in total. The Balaban J connectivity index is 1.37. The van der Waals surface area contributed by atoms with Crippen LogP contribution < -0.4 is 10.8 Å². The van der Waals surface area contributed by atoms with Crippen LogP contribution in [0.15, 0.2) is 40.9 Å². The number of pyridine rings is 1. The van der Waals surface area contributed by atoms with E-state index in [-0.39, 0.29) is 29.4 Å². The highest BCUT2D eigenvalue weighted by Gasteiger charge is 2.27. The number of nitrogens with zero attached hydrogens (tertiary/aromatic N) is 2. The lowest BCUT2D eigenvalue weighted by atomic mass is 9.86. The maximum absolute atomic E-state index is 12.5. The lowest BCUT2D eigenvalue weighted by Crippen LogP contribution is -2.37. The Hall–Kier alpha value is -2.97. The zero-order valence-corrected chi connectivity index (χ0v) is 16.2. The lowest BCUT2D eigenvalue weighted by Gasteiger charge is -2.27. The van der Waals surface area contributed by atoms with Crippen molar-refractivity contribution < 1.29 is 14.4 Å². The summed E-state index contributed by atoms with van der Waals surface area (Å²) in [5, 5.41) is 20.0. The van der Waals surface area contributed by atoms with Crippen LogP contribution in [0.3, 0.4) is 0 Å². The summed E-state index contributed by atoms with van der Waals surface area (Å²) in [6.45, 7) is 0. The third-order valence-corrected chi connectivity index (χ3v) is 5.40. The summed E-state index contributed by atoms with van der Waals surface area (Å²) >= 11 is 6.01. The summed E-state index contributed by atoms with van der Waals surface area (Å²) in [5.41, 5.74) is 3.82. The van der Waals surface area contributed by atoms with Gasteiger partial charge >= 0.3 is 0 Å². The second-order valence-corrected chi connectivity index (χ2v) is 7.54. The van der Waals surface area contributed by atoms with Crippen molar-refractivity contribution in [1.29, 1.82) is 5.41 Å². The molecule has 0 bridgehead atoms. The molecule has 3 aromatic rings. The van der Waals surface area contributed by atoms with Crippen LogP contribution in [-0.4, -0.2) is 33.0 Å². The van der Waals surface area contributed by atoms with E-state index in [1.807, 2.05) is 6.07 Å². The number of hydrogen-bond acceptors (Lipinski definition) is 6. The highest BCUT2D eigenvalue weighted by Crippen LogP contribution is 2.34. The number of amidine groups is 1. The summed E-state index contributed by atoms with van der Waals surface area (Å²) < 4.78 is 5.88. The summed E-state index contributed by atoms with van der Waals surface area (Å²) in [4.78, 5) is 21.1. The molecule has 2 heterocycles. The molecule has 0 aliphatic heterocycles. The van der Waals surface area contributed by atoms with E-state index in [0.29, 0.717) is 10.6 Å². The van der Waals surface area contributed by atoms with E-state index in [9.17, 15) is 4.79 Å². The first-order chi connectivity index (χ1) is 14.0. The fraction of sp³-hybridized carbons (Fsp3) is 0.300. The van der Waals surface area contributed by atoms with Crippen molar-refractivity contribution in [2.45, 2.75) is 37.6 Å². The standard InChI is InChI=1S/C20H20ClN5O3/c21-13-3-6-17-15(10-13)25-20(29-17)11-1-4-14(5-2-11)24-19(27)12-7-8-23-16(9-12)18(22)26-28/h3,6-11,14,28H,1-2,4-5H2,(H2,22,26)(H,24,27). The number of carbonyl (C=O) groups is 1. The maximum atomic E-state index is 12.5. The van der Waals surface area contributed by atoms with E-state index in [2.05, 4.69) is 15.3 Å². The third-order valence-electron chi connectivity index (χ3n) is 5.17. The minimum absolute atomic E-state index is 0.0598. The van der Waals surface area contributed by atoms with Crippen molar-refractivity contribution in [2.75, 3.05) is 0 Å². The highest BCUT2D eigenvalue weighted by atomic mass is 35.5. The number of nitrogens with one attached hydrogen (secondary N) is 3. The number of hydroxylamine groups is 1. The van der Waals surface area contributed by atoms with Crippen LogP contribution in [0.25, 0.3) is 11.1 Å². The van der Waals surface area contributed by atoms with Gasteiger partial charge in [-0.1, -0.05) is 11.6 Å². The molecule has 1 saturated carbocycles. The Morgan fingerprint density at radius 1 is 1.21 bits per heavy atom. The van der Waals surface area contributed by atoms with E-state index in [1.54, 1.807) is 23.7 Å². The molecule has 1 aliphatic carbocycles. The van der Waals surface area contributed by atoms with Gasteiger partial charge in [0.2, 0.25) is 0 Å². The van der Waals surface area contributed by atoms with E-state index in [4.69, 9.17) is 26.6 Å². The minimum Gasteiger partial charge on any atom is -0.440 e. The first kappa shape index (κ1) is 19.4. The van der Waals surface area contributed by atoms with E-state index >= 15 is 0 Å². The molecule has 150 valence electrons. The van der Waals surface area contributed by atoms with Crippen molar-refractivity contribution in [2.24, 2.45) is 0 Å². The Labute approximate surface area is 171 Å². The Morgan fingerprint density at radius 3 is 2.76 bits per heavy atom. The SMILES string of the molecule is N=C(NO)c1cc(C(=O)NC2CCC(c3nc4cc(Cl)ccc4o3)CC2)ccn1. The largest absolute Gasteiger partial charge is 0.440 e. The van der Waals surface area contributed by atoms with Gasteiger partial charge in [-0.05, 0) is 56.0 Å². The van der Waals surface area contributed by atoms with Gasteiger partial charge in [0.15, 0.2) is 17.3 Å². The zero-order chi connectivity index (χ0) is 20.4. The minimum atomic E-state index is -0.264. The zero-order valence-electron chi connectivity index (χ0n) is 15.5. The molecule has 8 nitrogen and oxygen atoms in total. The van der Waals surface area contributed by atoms with Gasteiger partial charge in [-0.25, -0.2) is 4.98 Å². The fourth-order valence-corrected chi connectivity index (χ4v) is 3.78. The van der Waals surface area contributed by atoms with Crippen LogP contribution in [0, 0.1) is 5.41 Å². The second kappa shape index (κ2) is 8.18. The quantitative estimate of drug-likeness (QED) is 0.294. The van der Waals surface area contributed by atoms with Crippen molar-refractivity contribution >= 4 is 34.4 Å². The molecule has 9 heteroatoms. The van der Waals surface area contributed by atoms with Crippen LogP contribution in [0.5, 0.6) is 0 Å². The average molecular weight is 414 g/mol. The number of hydrogen-bond donors (Lipinski definition) is 4. The van der Waals surface area contributed by atoms with Gasteiger partial charge in [0, 0.05) is 28.7 Å². The molecule has 0 unspecified atom stereocenters. The molecule has 4 rings (SSSR count). The molecule has 0 saturated heterocycles. The van der Waals surface area contributed by atoms with Gasteiger partial charge in [-0.15, -0.1) is 0 Å². The maximum Gasteiger partial charge on any atom is 0.251 e. The van der Waals surface area contributed by atoms with Crippen LogP contribution >= 0.6 is 11.6 Å². The van der Waals surface area contributed by atoms with Crippen molar-refractivity contribution in [3.8, 4) is 0 Å². The van der Waals surface area contributed by atoms with Gasteiger partial charge in [0.05, 0.1) is 0 Å². The number of aromatic nitrogens is 2. The number of oxazole rings is 1.